The Hall–Kier alpha value is -1.93. The van der Waals surface area contributed by atoms with Gasteiger partial charge in [0, 0.05) is 12.6 Å². The zero-order chi connectivity index (χ0) is 20.2. The highest BCUT2D eigenvalue weighted by atomic mass is 35.5. The summed E-state index contributed by atoms with van der Waals surface area (Å²) in [7, 11) is -2.70. The van der Waals surface area contributed by atoms with Gasteiger partial charge in [-0.2, -0.15) is 0 Å². The largest absolute Gasteiger partial charge is 0.465 e. The van der Waals surface area contributed by atoms with Gasteiger partial charge in [-0.05, 0) is 36.1 Å². The highest BCUT2D eigenvalue weighted by Crippen LogP contribution is 2.20. The third kappa shape index (κ3) is 5.78. The molecule has 28 heavy (non-hydrogen) atoms. The third-order valence-electron chi connectivity index (χ3n) is 4.35. The van der Waals surface area contributed by atoms with E-state index >= 15 is 0 Å². The van der Waals surface area contributed by atoms with Gasteiger partial charge in [0.2, 0.25) is 10.0 Å². The molecule has 0 heterocycles. The highest BCUT2D eigenvalue weighted by molar-refractivity contribution is 7.89. The van der Waals surface area contributed by atoms with E-state index in [0.29, 0.717) is 5.92 Å². The molecule has 1 unspecified atom stereocenters. The van der Waals surface area contributed by atoms with Crippen molar-refractivity contribution in [3.8, 4) is 0 Å². The normalized spacial score (nSPS) is 12.4. The van der Waals surface area contributed by atoms with Gasteiger partial charge in [0.15, 0.2) is 0 Å². The number of benzene rings is 2. The second-order valence-corrected chi connectivity index (χ2v) is 8.51. The van der Waals surface area contributed by atoms with Crippen molar-refractivity contribution in [2.45, 2.75) is 37.6 Å². The van der Waals surface area contributed by atoms with Crippen LogP contribution in [0.1, 0.15) is 52.9 Å². The van der Waals surface area contributed by atoms with Crippen LogP contribution in [0.4, 0.5) is 0 Å². The predicted octanol–water partition coefficient (Wildman–Crippen LogP) is 3.31. The van der Waals surface area contributed by atoms with Gasteiger partial charge in [0.05, 0.1) is 17.6 Å². The lowest BCUT2D eigenvalue weighted by atomic mass is 9.99. The van der Waals surface area contributed by atoms with Crippen LogP contribution in [0.15, 0.2) is 47.4 Å². The van der Waals surface area contributed by atoms with Crippen LogP contribution in [0.5, 0.6) is 0 Å². The molecule has 0 spiro atoms. The maximum atomic E-state index is 12.7. The molecule has 0 radical (unpaired) electrons. The van der Waals surface area contributed by atoms with E-state index in [9.17, 15) is 13.2 Å². The van der Waals surface area contributed by atoms with Crippen LogP contribution in [0.3, 0.4) is 0 Å². The number of halogens is 1. The minimum absolute atomic E-state index is 0. The van der Waals surface area contributed by atoms with Crippen molar-refractivity contribution >= 4 is 28.4 Å². The lowest BCUT2D eigenvalue weighted by Gasteiger charge is -2.16. The molecule has 154 valence electrons. The standard InChI is InChI=1S/C20H26N2O4S.ClH/c1-13(2)15-6-8-16(9-7-15)18(21)12-22-27(24,25)19-10-5-14(3)11-17(19)20(23)26-4;/h5-11,13,18,22H,12,21H2,1-4H3;1H. The van der Waals surface area contributed by atoms with E-state index in [-0.39, 0.29) is 29.4 Å². The average Bonchev–Trinajstić information content (AvgIpc) is 2.65. The first-order chi connectivity index (χ1) is 12.7. The van der Waals surface area contributed by atoms with Crippen LogP contribution in [0, 0.1) is 6.92 Å². The van der Waals surface area contributed by atoms with Crippen LogP contribution in [-0.2, 0) is 14.8 Å². The fourth-order valence-electron chi connectivity index (χ4n) is 2.67. The Labute approximate surface area is 172 Å². The van der Waals surface area contributed by atoms with Crippen molar-refractivity contribution in [2.24, 2.45) is 5.73 Å². The molecule has 0 fully saturated rings. The summed E-state index contributed by atoms with van der Waals surface area (Å²) in [6.07, 6.45) is 0. The molecule has 0 aliphatic carbocycles. The Bertz CT molecular complexity index is 912. The number of nitrogens with one attached hydrogen (secondary N) is 1. The quantitative estimate of drug-likeness (QED) is 0.662. The molecule has 0 amide bonds. The lowest BCUT2D eigenvalue weighted by molar-refractivity contribution is 0.0596. The number of hydrogen-bond acceptors (Lipinski definition) is 5. The zero-order valence-corrected chi connectivity index (χ0v) is 18.1. The van der Waals surface area contributed by atoms with Gasteiger partial charge in [0.1, 0.15) is 0 Å². The summed E-state index contributed by atoms with van der Waals surface area (Å²) in [5, 5.41) is 0. The Morgan fingerprint density at radius 1 is 1.11 bits per heavy atom. The van der Waals surface area contributed by atoms with Crippen LogP contribution in [0.25, 0.3) is 0 Å². The van der Waals surface area contributed by atoms with Gasteiger partial charge < -0.3 is 10.5 Å². The van der Waals surface area contributed by atoms with E-state index in [2.05, 4.69) is 18.6 Å². The molecule has 0 saturated heterocycles. The van der Waals surface area contributed by atoms with Crippen molar-refractivity contribution in [3.63, 3.8) is 0 Å². The molecule has 0 aliphatic heterocycles. The number of hydrogen-bond donors (Lipinski definition) is 2. The molecule has 0 aliphatic rings. The van der Waals surface area contributed by atoms with Crippen molar-refractivity contribution in [1.29, 1.82) is 0 Å². The Balaban J connectivity index is 0.00000392. The Kier molecular flexibility index (Phi) is 8.63. The first-order valence-corrected chi connectivity index (χ1v) is 10.2. The summed E-state index contributed by atoms with van der Waals surface area (Å²) in [5.41, 5.74) is 8.92. The third-order valence-corrected chi connectivity index (χ3v) is 5.84. The summed E-state index contributed by atoms with van der Waals surface area (Å²) >= 11 is 0. The van der Waals surface area contributed by atoms with E-state index in [0.717, 1.165) is 11.1 Å². The van der Waals surface area contributed by atoms with Crippen molar-refractivity contribution in [1.82, 2.24) is 4.72 Å². The molecular weight excluding hydrogens is 400 g/mol. The fraction of sp³-hybridized carbons (Fsp3) is 0.350. The summed E-state index contributed by atoms with van der Waals surface area (Å²) < 4.78 is 32.6. The summed E-state index contributed by atoms with van der Waals surface area (Å²) in [5.74, 6) is -0.292. The molecule has 0 bridgehead atoms. The van der Waals surface area contributed by atoms with Gasteiger partial charge in [-0.25, -0.2) is 17.9 Å². The minimum Gasteiger partial charge on any atom is -0.465 e. The maximum absolute atomic E-state index is 12.7. The topological polar surface area (TPSA) is 98.5 Å². The van der Waals surface area contributed by atoms with Crippen molar-refractivity contribution < 1.29 is 17.9 Å². The highest BCUT2D eigenvalue weighted by Gasteiger charge is 2.24. The second-order valence-electron chi connectivity index (χ2n) is 6.77. The number of nitrogens with two attached hydrogens (primary N) is 1. The Morgan fingerprint density at radius 2 is 1.68 bits per heavy atom. The van der Waals surface area contributed by atoms with E-state index in [1.807, 2.05) is 24.3 Å². The SMILES string of the molecule is COC(=O)c1cc(C)ccc1S(=O)(=O)NCC(N)c1ccc(C(C)C)cc1.Cl. The molecule has 0 saturated carbocycles. The number of methoxy groups -OCH3 is 1. The molecule has 2 rings (SSSR count). The number of ether oxygens (including phenoxy) is 1. The van der Waals surface area contributed by atoms with Crippen LogP contribution >= 0.6 is 12.4 Å². The smallest absolute Gasteiger partial charge is 0.339 e. The number of carbonyl (C=O) groups is 1. The molecule has 1 atom stereocenters. The number of sulfonamides is 1. The molecule has 8 heteroatoms. The molecule has 0 aromatic heterocycles. The molecule has 3 N–H and O–H groups in total. The van der Waals surface area contributed by atoms with Crippen LogP contribution in [0.2, 0.25) is 0 Å². The van der Waals surface area contributed by atoms with E-state index in [1.54, 1.807) is 13.0 Å². The molecule has 2 aromatic rings. The van der Waals surface area contributed by atoms with E-state index in [1.165, 1.54) is 24.8 Å². The zero-order valence-electron chi connectivity index (χ0n) is 16.4. The molecular formula is C20H27ClN2O4S. The molecule has 2 aromatic carbocycles. The second kappa shape index (κ2) is 10.0. The van der Waals surface area contributed by atoms with E-state index < -0.39 is 22.0 Å². The Morgan fingerprint density at radius 3 is 2.21 bits per heavy atom. The van der Waals surface area contributed by atoms with E-state index in [4.69, 9.17) is 10.5 Å². The lowest BCUT2D eigenvalue weighted by Crippen LogP contribution is -2.33. The van der Waals surface area contributed by atoms with Gasteiger partial charge in [0.25, 0.3) is 0 Å². The first kappa shape index (κ1) is 24.1. The number of aryl methyl sites for hydroxylation is 1. The maximum Gasteiger partial charge on any atom is 0.339 e. The monoisotopic (exact) mass is 426 g/mol. The summed E-state index contributed by atoms with van der Waals surface area (Å²) in [6, 6.07) is 11.8. The number of esters is 1. The summed E-state index contributed by atoms with van der Waals surface area (Å²) in [4.78, 5) is 11.8. The van der Waals surface area contributed by atoms with Crippen molar-refractivity contribution in [3.05, 3.63) is 64.7 Å². The first-order valence-electron chi connectivity index (χ1n) is 8.69. The summed E-state index contributed by atoms with van der Waals surface area (Å²) in [6.45, 7) is 5.98. The van der Waals surface area contributed by atoms with Crippen LogP contribution in [-0.4, -0.2) is 28.0 Å². The predicted molar refractivity (Wildman–Crippen MR) is 112 cm³/mol. The molecule has 6 nitrogen and oxygen atoms in total. The van der Waals surface area contributed by atoms with Gasteiger partial charge >= 0.3 is 5.97 Å². The fourth-order valence-corrected chi connectivity index (χ4v) is 3.90. The number of rotatable bonds is 7. The van der Waals surface area contributed by atoms with Gasteiger partial charge in [-0.15, -0.1) is 12.4 Å². The van der Waals surface area contributed by atoms with Gasteiger partial charge in [-0.3, -0.25) is 0 Å². The minimum atomic E-state index is -3.92. The van der Waals surface area contributed by atoms with Crippen LogP contribution < -0.4 is 10.5 Å². The average molecular weight is 427 g/mol. The van der Waals surface area contributed by atoms with Crippen molar-refractivity contribution in [2.75, 3.05) is 13.7 Å². The number of carbonyl (C=O) groups excluding carboxylic acids is 1. The van der Waals surface area contributed by atoms with Gasteiger partial charge in [-0.1, -0.05) is 49.7 Å².